The van der Waals surface area contributed by atoms with Crippen molar-refractivity contribution in [1.82, 2.24) is 4.31 Å². The molecule has 0 aliphatic rings. The van der Waals surface area contributed by atoms with E-state index in [0.717, 1.165) is 13.8 Å². The third-order valence-corrected chi connectivity index (χ3v) is 7.45. The maximum absolute atomic E-state index is 12.6. The van der Waals surface area contributed by atoms with E-state index in [2.05, 4.69) is 47.8 Å². The maximum Gasteiger partial charge on any atom is 0.244 e. The van der Waals surface area contributed by atoms with E-state index in [1.165, 1.54) is 15.6 Å². The van der Waals surface area contributed by atoms with Gasteiger partial charge < -0.3 is 0 Å². The van der Waals surface area contributed by atoms with Crippen LogP contribution in [0.1, 0.15) is 5.56 Å². The molecule has 1 aromatic heterocycles. The molecule has 0 atom stereocenters. The minimum absolute atomic E-state index is 0.253. The monoisotopic (exact) mass is 501 g/mol. The Labute approximate surface area is 147 Å². The zero-order valence-corrected chi connectivity index (χ0v) is 16.7. The second-order valence-electron chi connectivity index (χ2n) is 4.09. The number of sulfonamides is 1. The van der Waals surface area contributed by atoms with Crippen molar-refractivity contribution in [3.8, 4) is 0 Å². The van der Waals surface area contributed by atoms with Crippen LogP contribution in [0.5, 0.6) is 0 Å². The van der Waals surface area contributed by atoms with Crippen molar-refractivity contribution in [3.05, 3.63) is 47.9 Å². The molecular weight excluding hydrogens is 494 g/mol. The Hall–Kier alpha value is 0.270. The van der Waals surface area contributed by atoms with Gasteiger partial charge in [-0.15, -0.1) is 11.3 Å². The van der Waals surface area contributed by atoms with Gasteiger partial charge in [0.25, 0.3) is 0 Å². The van der Waals surface area contributed by atoms with Crippen LogP contribution >= 0.6 is 59.1 Å². The molecule has 0 unspecified atom stereocenters. The molecule has 1 aromatic carbocycles. The predicted molar refractivity (Wildman–Crippen MR) is 92.5 cm³/mol. The molecule has 3 nitrogen and oxygen atoms in total. The first-order chi connectivity index (χ1) is 9.30. The van der Waals surface area contributed by atoms with Gasteiger partial charge in [0.2, 0.25) is 10.0 Å². The maximum atomic E-state index is 12.6. The van der Waals surface area contributed by atoms with E-state index in [4.69, 9.17) is 0 Å². The lowest BCUT2D eigenvalue weighted by atomic mass is 10.3. The summed E-state index contributed by atoms with van der Waals surface area (Å²) in [5.74, 6) is 0. The summed E-state index contributed by atoms with van der Waals surface area (Å²) in [5.41, 5.74) is 0.957. The average molecular weight is 504 g/mol. The van der Waals surface area contributed by atoms with Crippen LogP contribution in [0, 0.1) is 0 Å². The van der Waals surface area contributed by atoms with Gasteiger partial charge in [-0.3, -0.25) is 0 Å². The highest BCUT2D eigenvalue weighted by Gasteiger charge is 2.24. The lowest BCUT2D eigenvalue weighted by Gasteiger charge is -2.17. The topological polar surface area (TPSA) is 37.4 Å². The van der Waals surface area contributed by atoms with Crippen molar-refractivity contribution in [3.63, 3.8) is 0 Å². The fraction of sp³-hybridized carbons (Fsp3) is 0.167. The van der Waals surface area contributed by atoms with Crippen molar-refractivity contribution in [1.29, 1.82) is 0 Å². The zero-order chi connectivity index (χ0) is 14.9. The van der Waals surface area contributed by atoms with Gasteiger partial charge in [-0.1, -0.05) is 15.9 Å². The zero-order valence-electron chi connectivity index (χ0n) is 10.3. The van der Waals surface area contributed by atoms with Crippen molar-refractivity contribution in [2.45, 2.75) is 11.4 Å². The fourth-order valence-corrected chi connectivity index (χ4v) is 5.43. The van der Waals surface area contributed by atoms with Gasteiger partial charge in [-0.25, -0.2) is 8.42 Å². The third kappa shape index (κ3) is 3.72. The fourth-order valence-electron chi connectivity index (χ4n) is 1.61. The standard InChI is InChI=1S/C12H10Br3NO2S2/c1-16(6-8-4-12(15)19-7-8)20(17,18)11-5-9(13)2-3-10(11)14/h2-5,7H,6H2,1H3. The Bertz CT molecular complexity index is 728. The summed E-state index contributed by atoms with van der Waals surface area (Å²) < 4.78 is 28.8. The summed E-state index contributed by atoms with van der Waals surface area (Å²) in [5, 5.41) is 1.94. The van der Waals surface area contributed by atoms with E-state index in [1.807, 2.05) is 11.4 Å². The Morgan fingerprint density at radius 2 is 1.90 bits per heavy atom. The van der Waals surface area contributed by atoms with Crippen molar-refractivity contribution in [2.24, 2.45) is 0 Å². The molecule has 108 valence electrons. The van der Waals surface area contributed by atoms with E-state index < -0.39 is 10.0 Å². The minimum Gasteiger partial charge on any atom is -0.207 e. The summed E-state index contributed by atoms with van der Waals surface area (Å²) in [7, 11) is -1.96. The first-order valence-electron chi connectivity index (χ1n) is 5.45. The summed E-state index contributed by atoms with van der Waals surface area (Å²) in [6.07, 6.45) is 0. The van der Waals surface area contributed by atoms with Crippen LogP contribution in [-0.2, 0) is 16.6 Å². The number of halogens is 3. The molecule has 1 heterocycles. The smallest absolute Gasteiger partial charge is 0.207 e. The van der Waals surface area contributed by atoms with Gasteiger partial charge in [-0.2, -0.15) is 4.31 Å². The van der Waals surface area contributed by atoms with Crippen LogP contribution in [0.15, 0.2) is 47.3 Å². The summed E-state index contributed by atoms with van der Waals surface area (Å²) in [6, 6.07) is 7.02. The van der Waals surface area contributed by atoms with E-state index in [1.54, 1.807) is 25.2 Å². The number of nitrogens with zero attached hydrogens (tertiary/aromatic N) is 1. The first-order valence-corrected chi connectivity index (χ1v) is 10.1. The molecule has 0 radical (unpaired) electrons. The largest absolute Gasteiger partial charge is 0.244 e. The Morgan fingerprint density at radius 1 is 1.20 bits per heavy atom. The highest BCUT2D eigenvalue weighted by molar-refractivity contribution is 9.11. The van der Waals surface area contributed by atoms with E-state index in [0.29, 0.717) is 11.0 Å². The van der Waals surface area contributed by atoms with Gasteiger partial charge >= 0.3 is 0 Å². The molecule has 0 amide bonds. The number of hydrogen-bond donors (Lipinski definition) is 0. The lowest BCUT2D eigenvalue weighted by molar-refractivity contribution is 0.467. The van der Waals surface area contributed by atoms with Gasteiger partial charge in [0.15, 0.2) is 0 Å². The van der Waals surface area contributed by atoms with Crippen molar-refractivity contribution >= 4 is 69.1 Å². The normalized spacial score (nSPS) is 12.1. The van der Waals surface area contributed by atoms with Gasteiger partial charge in [0, 0.05) is 22.5 Å². The molecule has 2 aromatic rings. The van der Waals surface area contributed by atoms with E-state index in [9.17, 15) is 8.42 Å². The highest BCUT2D eigenvalue weighted by Crippen LogP contribution is 2.29. The highest BCUT2D eigenvalue weighted by atomic mass is 79.9. The van der Waals surface area contributed by atoms with Crippen LogP contribution in [0.2, 0.25) is 0 Å². The van der Waals surface area contributed by atoms with Gasteiger partial charge in [0.1, 0.15) is 0 Å². The van der Waals surface area contributed by atoms with E-state index >= 15 is 0 Å². The third-order valence-electron chi connectivity index (χ3n) is 2.61. The summed E-state index contributed by atoms with van der Waals surface area (Å²) >= 11 is 11.5. The lowest BCUT2D eigenvalue weighted by Crippen LogP contribution is -2.26. The van der Waals surface area contributed by atoms with Crippen LogP contribution < -0.4 is 0 Å². The molecule has 0 aliphatic heterocycles. The van der Waals surface area contributed by atoms with E-state index in [-0.39, 0.29) is 4.90 Å². The molecule has 0 aliphatic carbocycles. The molecule has 0 bridgehead atoms. The molecule has 0 N–H and O–H groups in total. The Kier molecular flexibility index (Phi) is 5.47. The molecule has 8 heteroatoms. The SMILES string of the molecule is CN(Cc1csc(Br)c1)S(=O)(=O)c1cc(Br)ccc1Br. The van der Waals surface area contributed by atoms with Crippen LogP contribution in [0.4, 0.5) is 0 Å². The summed E-state index contributed by atoms with van der Waals surface area (Å²) in [4.78, 5) is 0.253. The number of thiophene rings is 1. The van der Waals surface area contributed by atoms with Crippen molar-refractivity contribution in [2.75, 3.05) is 7.05 Å². The molecular formula is C12H10Br3NO2S2. The van der Waals surface area contributed by atoms with Gasteiger partial charge in [-0.05, 0) is 67.1 Å². The molecule has 0 spiro atoms. The predicted octanol–water partition coefficient (Wildman–Crippen LogP) is 4.86. The van der Waals surface area contributed by atoms with Crippen LogP contribution in [0.25, 0.3) is 0 Å². The van der Waals surface area contributed by atoms with Gasteiger partial charge in [0.05, 0.1) is 8.68 Å². The molecule has 0 saturated heterocycles. The quantitative estimate of drug-likeness (QED) is 0.597. The Morgan fingerprint density at radius 3 is 2.50 bits per heavy atom. The molecule has 20 heavy (non-hydrogen) atoms. The second-order valence-corrected chi connectivity index (χ2v) is 10.2. The number of rotatable bonds is 4. The van der Waals surface area contributed by atoms with Crippen molar-refractivity contribution < 1.29 is 8.42 Å². The van der Waals surface area contributed by atoms with Crippen LogP contribution in [0.3, 0.4) is 0 Å². The number of benzene rings is 1. The second kappa shape index (κ2) is 6.58. The first kappa shape index (κ1) is 16.6. The Balaban J connectivity index is 2.32. The minimum atomic E-state index is -3.54. The molecule has 0 fully saturated rings. The average Bonchev–Trinajstić information content (AvgIpc) is 2.77. The summed E-state index contributed by atoms with van der Waals surface area (Å²) in [6.45, 7) is 0.337. The molecule has 0 saturated carbocycles. The molecule has 2 rings (SSSR count). The number of hydrogen-bond acceptors (Lipinski definition) is 3. The van der Waals surface area contributed by atoms with Crippen LogP contribution in [-0.4, -0.2) is 19.8 Å².